The van der Waals surface area contributed by atoms with E-state index in [4.69, 9.17) is 4.52 Å². The molecule has 1 aliphatic rings. The number of hydrogen-bond acceptors (Lipinski definition) is 6. The lowest BCUT2D eigenvalue weighted by Crippen LogP contribution is -2.49. The highest BCUT2D eigenvalue weighted by atomic mass is 32.1. The fraction of sp³-hybridized carbons (Fsp3) is 0.375. The van der Waals surface area contributed by atoms with Gasteiger partial charge in [-0.15, -0.1) is 11.3 Å². The first-order valence-electron chi connectivity index (χ1n) is 11.1. The van der Waals surface area contributed by atoms with E-state index in [1.807, 2.05) is 41.6 Å². The first-order chi connectivity index (χ1) is 15.7. The first kappa shape index (κ1) is 20.9. The summed E-state index contributed by atoms with van der Waals surface area (Å²) in [7, 11) is 2.03. The van der Waals surface area contributed by atoms with Crippen LogP contribution < -0.4 is 0 Å². The van der Waals surface area contributed by atoms with Crippen LogP contribution in [0.4, 0.5) is 0 Å². The summed E-state index contributed by atoms with van der Waals surface area (Å²) in [6, 6.07) is 12.3. The van der Waals surface area contributed by atoms with Gasteiger partial charge in [0, 0.05) is 56.7 Å². The fourth-order valence-electron chi connectivity index (χ4n) is 4.38. The summed E-state index contributed by atoms with van der Waals surface area (Å²) < 4.78 is 7.49. The summed E-state index contributed by atoms with van der Waals surface area (Å²) in [5.74, 6) is 1.58. The van der Waals surface area contributed by atoms with Gasteiger partial charge in [0.15, 0.2) is 0 Å². The number of hydrogen-bond donors (Lipinski definition) is 0. The van der Waals surface area contributed by atoms with E-state index in [2.05, 4.69) is 37.9 Å². The van der Waals surface area contributed by atoms with Gasteiger partial charge in [-0.2, -0.15) is 4.98 Å². The maximum atomic E-state index is 12.9. The molecule has 1 saturated heterocycles. The number of aromatic nitrogens is 3. The van der Waals surface area contributed by atoms with E-state index in [-0.39, 0.29) is 5.91 Å². The molecule has 7 nitrogen and oxygen atoms in total. The summed E-state index contributed by atoms with van der Waals surface area (Å²) in [5.41, 5.74) is 2.28. The second-order valence-electron chi connectivity index (χ2n) is 8.27. The fourth-order valence-corrected chi connectivity index (χ4v) is 5.03. The number of benzene rings is 1. The summed E-state index contributed by atoms with van der Waals surface area (Å²) in [5, 5.41) is 7.26. The summed E-state index contributed by atoms with van der Waals surface area (Å²) in [6.07, 6.45) is 4.29. The van der Waals surface area contributed by atoms with Crippen LogP contribution in [0.15, 0.2) is 52.5 Å². The Labute approximate surface area is 191 Å². The van der Waals surface area contributed by atoms with E-state index in [0.29, 0.717) is 18.1 Å². The second kappa shape index (κ2) is 9.26. The lowest BCUT2D eigenvalue weighted by Gasteiger charge is -2.34. The molecule has 0 aliphatic carbocycles. The van der Waals surface area contributed by atoms with E-state index in [1.165, 1.54) is 10.9 Å². The maximum Gasteiger partial charge on any atom is 0.227 e. The van der Waals surface area contributed by atoms with Gasteiger partial charge in [-0.1, -0.05) is 29.4 Å². The van der Waals surface area contributed by atoms with Crippen LogP contribution in [-0.4, -0.2) is 63.1 Å². The van der Waals surface area contributed by atoms with Gasteiger partial charge >= 0.3 is 0 Å². The van der Waals surface area contributed by atoms with Crippen molar-refractivity contribution in [3.05, 3.63) is 59.4 Å². The van der Waals surface area contributed by atoms with Gasteiger partial charge < -0.3 is 14.0 Å². The lowest BCUT2D eigenvalue weighted by molar-refractivity contribution is -0.132. The summed E-state index contributed by atoms with van der Waals surface area (Å²) in [4.78, 5) is 22.8. The second-order valence-corrected chi connectivity index (χ2v) is 9.22. The van der Waals surface area contributed by atoms with Crippen molar-refractivity contribution in [1.82, 2.24) is 24.5 Å². The van der Waals surface area contributed by atoms with Gasteiger partial charge in [-0.25, -0.2) is 0 Å². The number of carbonyl (C=O) groups excluding carboxylic acids is 1. The molecule has 166 valence electrons. The van der Waals surface area contributed by atoms with Gasteiger partial charge in [0.1, 0.15) is 0 Å². The van der Waals surface area contributed by atoms with Crippen LogP contribution >= 0.6 is 11.3 Å². The number of carbonyl (C=O) groups is 1. The third-order valence-electron chi connectivity index (χ3n) is 6.12. The highest BCUT2D eigenvalue weighted by Crippen LogP contribution is 2.22. The minimum Gasteiger partial charge on any atom is -0.350 e. The number of amides is 1. The van der Waals surface area contributed by atoms with Crippen molar-refractivity contribution in [2.75, 3.05) is 32.7 Å². The highest BCUT2D eigenvalue weighted by Gasteiger charge is 2.22. The molecule has 1 amide bonds. The molecule has 8 heteroatoms. The molecule has 0 unspecified atom stereocenters. The normalized spacial score (nSPS) is 15.0. The van der Waals surface area contributed by atoms with Crippen molar-refractivity contribution in [3.63, 3.8) is 0 Å². The molecule has 0 bridgehead atoms. The molecule has 1 aliphatic heterocycles. The molecule has 0 atom stereocenters. The Morgan fingerprint density at radius 1 is 1.12 bits per heavy atom. The molecular formula is C24H27N5O2S. The molecule has 4 aromatic rings. The van der Waals surface area contributed by atoms with Gasteiger partial charge in [-0.05, 0) is 36.0 Å². The van der Waals surface area contributed by atoms with Gasteiger partial charge in [0.2, 0.25) is 17.6 Å². The van der Waals surface area contributed by atoms with Crippen LogP contribution in [-0.2, 0) is 24.7 Å². The molecule has 0 saturated carbocycles. The Kier molecular flexibility index (Phi) is 6.05. The number of aryl methyl sites for hydroxylation is 2. The summed E-state index contributed by atoms with van der Waals surface area (Å²) in [6.45, 7) is 4.36. The number of fused-ring (bicyclic) bond motifs is 1. The number of para-hydroxylation sites is 1. The summed E-state index contributed by atoms with van der Waals surface area (Å²) >= 11 is 1.61. The van der Waals surface area contributed by atoms with Gasteiger partial charge in [-0.3, -0.25) is 9.69 Å². The molecule has 32 heavy (non-hydrogen) atoms. The Bertz CT molecular complexity index is 1190. The van der Waals surface area contributed by atoms with Crippen LogP contribution in [0.1, 0.15) is 17.9 Å². The van der Waals surface area contributed by atoms with Gasteiger partial charge in [0.05, 0.1) is 11.3 Å². The highest BCUT2D eigenvalue weighted by molar-refractivity contribution is 7.13. The van der Waals surface area contributed by atoms with Crippen LogP contribution in [0.5, 0.6) is 0 Å². The predicted octanol–water partition coefficient (Wildman–Crippen LogP) is 3.61. The molecule has 3 aromatic heterocycles. The van der Waals surface area contributed by atoms with Crippen molar-refractivity contribution in [3.8, 4) is 10.7 Å². The van der Waals surface area contributed by atoms with Crippen molar-refractivity contribution < 1.29 is 9.32 Å². The average molecular weight is 450 g/mol. The minimum absolute atomic E-state index is 0.216. The molecule has 0 radical (unpaired) electrons. The molecule has 1 fully saturated rings. The standard InChI is InChI=1S/C24H27N5O2S/c1-27-17-18(19-6-2-3-7-20(19)27)16-23(30)29-13-11-28(12-14-29)10-4-9-22-25-24(26-31-22)21-8-5-15-32-21/h2-3,5-8,15,17H,4,9-14,16H2,1H3. The van der Waals surface area contributed by atoms with Crippen molar-refractivity contribution >= 4 is 28.1 Å². The topological polar surface area (TPSA) is 67.4 Å². The molecule has 0 spiro atoms. The quantitative estimate of drug-likeness (QED) is 0.431. The molecule has 4 heterocycles. The maximum absolute atomic E-state index is 12.9. The molecular weight excluding hydrogens is 422 g/mol. The zero-order valence-corrected chi connectivity index (χ0v) is 19.1. The molecule has 5 rings (SSSR count). The predicted molar refractivity (Wildman–Crippen MR) is 126 cm³/mol. The third kappa shape index (κ3) is 4.47. The number of thiophene rings is 1. The number of rotatable bonds is 7. The van der Waals surface area contributed by atoms with Gasteiger partial charge in [0.25, 0.3) is 0 Å². The van der Waals surface area contributed by atoms with Crippen molar-refractivity contribution in [1.29, 1.82) is 0 Å². The van der Waals surface area contributed by atoms with Crippen LogP contribution in [0.3, 0.4) is 0 Å². The monoisotopic (exact) mass is 449 g/mol. The van der Waals surface area contributed by atoms with Crippen molar-refractivity contribution in [2.45, 2.75) is 19.3 Å². The number of nitrogens with zero attached hydrogens (tertiary/aromatic N) is 5. The SMILES string of the molecule is Cn1cc(CC(=O)N2CCN(CCCc3nc(-c4cccs4)no3)CC2)c2ccccc21. The lowest BCUT2D eigenvalue weighted by atomic mass is 10.1. The van der Waals surface area contributed by atoms with Crippen molar-refractivity contribution in [2.24, 2.45) is 7.05 Å². The van der Waals surface area contributed by atoms with E-state index < -0.39 is 0 Å². The molecule has 1 aromatic carbocycles. The van der Waals surface area contributed by atoms with Crippen LogP contribution in [0.2, 0.25) is 0 Å². The molecule has 0 N–H and O–H groups in total. The zero-order chi connectivity index (χ0) is 21.9. The largest absolute Gasteiger partial charge is 0.350 e. The van der Waals surface area contributed by atoms with Crippen LogP contribution in [0.25, 0.3) is 21.6 Å². The Balaban J connectivity index is 1.08. The van der Waals surface area contributed by atoms with E-state index >= 15 is 0 Å². The Morgan fingerprint density at radius 3 is 2.78 bits per heavy atom. The first-order valence-corrected chi connectivity index (χ1v) is 11.9. The zero-order valence-electron chi connectivity index (χ0n) is 18.2. The Hall–Kier alpha value is -2.97. The smallest absolute Gasteiger partial charge is 0.227 e. The van der Waals surface area contributed by atoms with E-state index in [0.717, 1.165) is 56.0 Å². The average Bonchev–Trinajstić information content (AvgIpc) is 3.56. The van der Waals surface area contributed by atoms with Crippen LogP contribution in [0, 0.1) is 0 Å². The Morgan fingerprint density at radius 2 is 1.97 bits per heavy atom. The third-order valence-corrected chi connectivity index (χ3v) is 6.99. The number of piperazine rings is 1. The van der Waals surface area contributed by atoms with E-state index in [9.17, 15) is 4.79 Å². The van der Waals surface area contributed by atoms with E-state index in [1.54, 1.807) is 11.3 Å². The minimum atomic E-state index is 0.216.